The molecule has 1 amide bonds. The van der Waals surface area contributed by atoms with Crippen LogP contribution in [0.4, 0.5) is 0 Å². The van der Waals surface area contributed by atoms with E-state index in [1.54, 1.807) is 0 Å². The molecule has 7 heteroatoms. The number of nitrogens with zero attached hydrogens (tertiary/aromatic N) is 1. The van der Waals surface area contributed by atoms with Crippen molar-refractivity contribution in [3.63, 3.8) is 0 Å². The van der Waals surface area contributed by atoms with Crippen LogP contribution in [0.25, 0.3) is 0 Å². The van der Waals surface area contributed by atoms with Crippen LogP contribution >= 0.6 is 55.6 Å². The SMILES string of the molecule is Cl.NCC1CCCCN1C(=O)c1cc(Br)sc1Br. The molecule has 0 spiro atoms. The molecule has 3 nitrogen and oxygen atoms in total. The fraction of sp³-hybridized carbons (Fsp3) is 0.545. The topological polar surface area (TPSA) is 46.3 Å². The van der Waals surface area contributed by atoms with Gasteiger partial charge in [-0.3, -0.25) is 4.79 Å². The van der Waals surface area contributed by atoms with Gasteiger partial charge in [0.05, 0.1) is 13.1 Å². The summed E-state index contributed by atoms with van der Waals surface area (Å²) < 4.78 is 1.85. The standard InChI is InChI=1S/C11H14Br2N2OS.ClH/c12-9-5-8(10(13)17-9)11(16)15-4-2-1-3-7(15)6-14;/h5,7H,1-4,6,14H2;1H. The van der Waals surface area contributed by atoms with Crippen molar-refractivity contribution in [2.45, 2.75) is 25.3 Å². The summed E-state index contributed by atoms with van der Waals surface area (Å²) in [4.78, 5) is 14.3. The average molecular weight is 419 g/mol. The van der Waals surface area contributed by atoms with Crippen LogP contribution in [-0.2, 0) is 0 Å². The number of hydrogen-bond acceptors (Lipinski definition) is 3. The fourth-order valence-corrected chi connectivity index (χ4v) is 4.93. The van der Waals surface area contributed by atoms with Crippen LogP contribution in [-0.4, -0.2) is 29.9 Å². The van der Waals surface area contributed by atoms with Gasteiger partial charge in [-0.05, 0) is 57.2 Å². The van der Waals surface area contributed by atoms with Crippen molar-refractivity contribution in [1.82, 2.24) is 4.90 Å². The molecule has 0 aliphatic carbocycles. The summed E-state index contributed by atoms with van der Waals surface area (Å²) in [6.07, 6.45) is 3.26. The average Bonchev–Trinajstić information content (AvgIpc) is 2.67. The maximum atomic E-state index is 12.4. The van der Waals surface area contributed by atoms with Gasteiger partial charge in [0.25, 0.3) is 5.91 Å². The van der Waals surface area contributed by atoms with Crippen LogP contribution in [0.3, 0.4) is 0 Å². The lowest BCUT2D eigenvalue weighted by molar-refractivity contribution is 0.0623. The first-order chi connectivity index (χ1) is 8.13. The number of carbonyl (C=O) groups excluding carboxylic acids is 1. The summed E-state index contributed by atoms with van der Waals surface area (Å²) in [7, 11) is 0. The molecular formula is C11H15Br2ClN2OS. The molecule has 1 aliphatic heterocycles. The molecule has 1 atom stereocenters. The first-order valence-electron chi connectivity index (χ1n) is 5.59. The molecule has 1 fully saturated rings. The van der Waals surface area contributed by atoms with Gasteiger partial charge in [-0.25, -0.2) is 0 Å². The second-order valence-corrected chi connectivity index (χ2v) is 7.87. The highest BCUT2D eigenvalue weighted by Crippen LogP contribution is 2.33. The predicted octanol–water partition coefficient (Wildman–Crippen LogP) is 3.65. The van der Waals surface area contributed by atoms with Gasteiger partial charge in [0.15, 0.2) is 0 Å². The molecule has 2 heterocycles. The highest BCUT2D eigenvalue weighted by atomic mass is 79.9. The lowest BCUT2D eigenvalue weighted by Crippen LogP contribution is -2.47. The van der Waals surface area contributed by atoms with Gasteiger partial charge in [0.1, 0.15) is 0 Å². The molecule has 1 aromatic rings. The van der Waals surface area contributed by atoms with Crippen molar-refractivity contribution in [3.8, 4) is 0 Å². The van der Waals surface area contributed by atoms with Crippen LogP contribution in [0, 0.1) is 0 Å². The second kappa shape index (κ2) is 7.24. The first-order valence-corrected chi connectivity index (χ1v) is 7.99. The molecule has 102 valence electrons. The number of hydrogen-bond donors (Lipinski definition) is 1. The monoisotopic (exact) mass is 416 g/mol. The molecule has 1 saturated heterocycles. The molecule has 1 aliphatic rings. The molecule has 0 radical (unpaired) electrons. The predicted molar refractivity (Wildman–Crippen MR) is 84.7 cm³/mol. The minimum absolute atomic E-state index is 0. The Bertz CT molecular complexity index is 427. The maximum Gasteiger partial charge on any atom is 0.256 e. The normalized spacial score (nSPS) is 19.5. The van der Waals surface area contributed by atoms with Crippen LogP contribution in [0.15, 0.2) is 13.6 Å². The van der Waals surface area contributed by atoms with E-state index in [-0.39, 0.29) is 24.4 Å². The summed E-state index contributed by atoms with van der Waals surface area (Å²) in [5.41, 5.74) is 6.48. The Balaban J connectivity index is 0.00000162. The Morgan fingerprint density at radius 2 is 2.22 bits per heavy atom. The van der Waals surface area contributed by atoms with Crippen LogP contribution in [0.2, 0.25) is 0 Å². The number of nitrogens with two attached hydrogens (primary N) is 1. The highest BCUT2D eigenvalue weighted by molar-refractivity contribution is 9.12. The van der Waals surface area contributed by atoms with E-state index in [0.717, 1.165) is 32.5 Å². The summed E-state index contributed by atoms with van der Waals surface area (Å²) in [6, 6.07) is 2.07. The third-order valence-electron chi connectivity index (χ3n) is 3.05. The van der Waals surface area contributed by atoms with E-state index < -0.39 is 0 Å². The number of amides is 1. The van der Waals surface area contributed by atoms with Crippen LogP contribution in [0.5, 0.6) is 0 Å². The summed E-state index contributed by atoms with van der Waals surface area (Å²) >= 11 is 8.36. The van der Waals surface area contributed by atoms with E-state index in [0.29, 0.717) is 6.54 Å². The Labute approximate surface area is 134 Å². The van der Waals surface area contributed by atoms with E-state index in [1.807, 2.05) is 11.0 Å². The van der Waals surface area contributed by atoms with Crippen molar-refractivity contribution in [2.24, 2.45) is 5.73 Å². The van der Waals surface area contributed by atoms with Gasteiger partial charge < -0.3 is 10.6 Å². The van der Waals surface area contributed by atoms with Gasteiger partial charge in [-0.15, -0.1) is 23.7 Å². The van der Waals surface area contributed by atoms with E-state index >= 15 is 0 Å². The number of halogens is 3. The van der Waals surface area contributed by atoms with E-state index in [1.165, 1.54) is 17.8 Å². The molecular weight excluding hydrogens is 403 g/mol. The Morgan fingerprint density at radius 1 is 1.50 bits per heavy atom. The zero-order valence-electron chi connectivity index (χ0n) is 9.70. The summed E-state index contributed by atoms with van der Waals surface area (Å²) in [5, 5.41) is 0. The molecule has 0 aromatic carbocycles. The van der Waals surface area contributed by atoms with Crippen molar-refractivity contribution >= 4 is 61.5 Å². The third-order valence-corrected chi connectivity index (χ3v) is 5.39. The molecule has 2 N–H and O–H groups in total. The van der Waals surface area contributed by atoms with E-state index in [4.69, 9.17) is 5.73 Å². The smallest absolute Gasteiger partial charge is 0.256 e. The molecule has 18 heavy (non-hydrogen) atoms. The zero-order valence-corrected chi connectivity index (χ0v) is 14.5. The minimum atomic E-state index is 0. The molecule has 0 bridgehead atoms. The number of carbonyl (C=O) groups is 1. The molecule has 0 saturated carbocycles. The number of likely N-dealkylation sites (tertiary alicyclic amines) is 1. The first kappa shape index (κ1) is 16.4. The van der Waals surface area contributed by atoms with Crippen molar-refractivity contribution in [3.05, 3.63) is 19.2 Å². The number of thiophene rings is 1. The van der Waals surface area contributed by atoms with E-state index in [9.17, 15) is 4.79 Å². The van der Waals surface area contributed by atoms with Gasteiger partial charge in [0.2, 0.25) is 0 Å². The molecule has 2 rings (SSSR count). The molecule has 1 aromatic heterocycles. The van der Waals surface area contributed by atoms with Crippen LogP contribution in [0.1, 0.15) is 29.6 Å². The largest absolute Gasteiger partial charge is 0.334 e. The Morgan fingerprint density at radius 3 is 2.78 bits per heavy atom. The second-order valence-electron chi connectivity index (χ2n) is 4.12. The van der Waals surface area contributed by atoms with Crippen LogP contribution < -0.4 is 5.73 Å². The lowest BCUT2D eigenvalue weighted by atomic mass is 10.0. The number of rotatable bonds is 2. The van der Waals surface area contributed by atoms with Gasteiger partial charge in [0, 0.05) is 19.1 Å². The highest BCUT2D eigenvalue weighted by Gasteiger charge is 2.28. The zero-order chi connectivity index (χ0) is 12.4. The Kier molecular flexibility index (Phi) is 6.61. The lowest BCUT2D eigenvalue weighted by Gasteiger charge is -2.35. The Hall–Kier alpha value is 0.380. The van der Waals surface area contributed by atoms with Gasteiger partial charge >= 0.3 is 0 Å². The molecule has 1 unspecified atom stereocenters. The maximum absolute atomic E-state index is 12.4. The summed E-state index contributed by atoms with van der Waals surface area (Å²) in [5.74, 6) is 0.0916. The minimum Gasteiger partial charge on any atom is -0.334 e. The van der Waals surface area contributed by atoms with E-state index in [2.05, 4.69) is 31.9 Å². The van der Waals surface area contributed by atoms with Crippen molar-refractivity contribution in [2.75, 3.05) is 13.1 Å². The van der Waals surface area contributed by atoms with Crippen molar-refractivity contribution < 1.29 is 4.79 Å². The quantitative estimate of drug-likeness (QED) is 0.797. The number of piperidine rings is 1. The fourth-order valence-electron chi connectivity index (χ4n) is 2.15. The van der Waals surface area contributed by atoms with Gasteiger partial charge in [-0.1, -0.05) is 0 Å². The van der Waals surface area contributed by atoms with Crippen molar-refractivity contribution in [1.29, 1.82) is 0 Å². The summed E-state index contributed by atoms with van der Waals surface area (Å²) in [6.45, 7) is 1.37. The van der Waals surface area contributed by atoms with Gasteiger partial charge in [-0.2, -0.15) is 0 Å². The third kappa shape index (κ3) is 3.48.